The molecule has 0 amide bonds. The summed E-state index contributed by atoms with van der Waals surface area (Å²) in [6.45, 7) is -0.0791. The van der Waals surface area contributed by atoms with Crippen molar-refractivity contribution in [3.8, 4) is 11.5 Å². The third-order valence-electron chi connectivity index (χ3n) is 5.44. The van der Waals surface area contributed by atoms with Gasteiger partial charge in [0, 0.05) is 12.0 Å². The average Bonchev–Trinajstić information content (AvgIpc) is 2.90. The minimum atomic E-state index is -1.14. The van der Waals surface area contributed by atoms with Crippen molar-refractivity contribution in [1.29, 1.82) is 0 Å². The van der Waals surface area contributed by atoms with E-state index in [4.69, 9.17) is 4.74 Å². The third kappa shape index (κ3) is 1.15. The first-order valence-corrected chi connectivity index (χ1v) is 6.88. The lowest BCUT2D eigenvalue weighted by Gasteiger charge is -2.42. The molecule has 0 spiro atoms. The molecule has 6 nitrogen and oxygen atoms in total. The van der Waals surface area contributed by atoms with Gasteiger partial charge in [-0.2, -0.15) is 0 Å². The highest BCUT2D eigenvalue weighted by Crippen LogP contribution is 2.65. The number of fused-ring (bicyclic) bond motifs is 1. The topological polar surface area (TPSA) is 104 Å². The van der Waals surface area contributed by atoms with Crippen LogP contribution in [0.25, 0.3) is 0 Å². The zero-order valence-electron chi connectivity index (χ0n) is 11.1. The molecule has 4 rings (SSSR count). The highest BCUT2D eigenvalue weighted by atomic mass is 16.5. The van der Waals surface area contributed by atoms with Gasteiger partial charge in [-0.1, -0.05) is 0 Å². The number of aliphatic hydroxyl groups excluding tert-OH is 1. The number of ketones is 1. The molecule has 1 saturated heterocycles. The predicted octanol–water partition coefficient (Wildman–Crippen LogP) is 0.620. The van der Waals surface area contributed by atoms with Crippen molar-refractivity contribution >= 4 is 11.8 Å². The fraction of sp³-hybridized carbons (Fsp3) is 0.467. The number of phenols is 2. The normalized spacial score (nSPS) is 36.9. The largest absolute Gasteiger partial charge is 0.508 e. The Morgan fingerprint density at radius 3 is 2.67 bits per heavy atom. The lowest BCUT2D eigenvalue weighted by atomic mass is 9.56. The van der Waals surface area contributed by atoms with Crippen LogP contribution in [0.3, 0.4) is 0 Å². The van der Waals surface area contributed by atoms with Crippen LogP contribution in [0.5, 0.6) is 11.5 Å². The molecule has 1 aromatic carbocycles. The zero-order valence-corrected chi connectivity index (χ0v) is 11.1. The molecule has 1 aliphatic heterocycles. The summed E-state index contributed by atoms with van der Waals surface area (Å²) in [4.78, 5) is 24.7. The first-order chi connectivity index (χ1) is 9.94. The van der Waals surface area contributed by atoms with Crippen LogP contribution in [0.15, 0.2) is 12.1 Å². The number of aliphatic hydroxyl groups is 1. The van der Waals surface area contributed by atoms with Gasteiger partial charge < -0.3 is 20.1 Å². The van der Waals surface area contributed by atoms with E-state index in [2.05, 4.69) is 0 Å². The van der Waals surface area contributed by atoms with Crippen molar-refractivity contribution < 1.29 is 29.6 Å². The monoisotopic (exact) mass is 290 g/mol. The number of carbonyl (C=O) groups is 2. The minimum Gasteiger partial charge on any atom is -0.508 e. The molecular weight excluding hydrogens is 276 g/mol. The first-order valence-electron chi connectivity index (χ1n) is 6.88. The van der Waals surface area contributed by atoms with E-state index in [0.29, 0.717) is 12.8 Å². The van der Waals surface area contributed by atoms with E-state index in [1.807, 2.05) is 0 Å². The zero-order chi connectivity index (χ0) is 15.0. The number of benzene rings is 1. The maximum absolute atomic E-state index is 12.4. The van der Waals surface area contributed by atoms with Gasteiger partial charge in [-0.25, -0.2) is 0 Å². The van der Waals surface area contributed by atoms with Gasteiger partial charge in [0.15, 0.2) is 5.78 Å². The van der Waals surface area contributed by atoms with E-state index in [1.165, 1.54) is 12.1 Å². The molecule has 21 heavy (non-hydrogen) atoms. The van der Waals surface area contributed by atoms with Crippen LogP contribution >= 0.6 is 0 Å². The predicted molar refractivity (Wildman–Crippen MR) is 69.0 cm³/mol. The van der Waals surface area contributed by atoms with E-state index in [0.717, 1.165) is 0 Å². The fourth-order valence-electron chi connectivity index (χ4n) is 4.48. The van der Waals surface area contributed by atoms with Crippen LogP contribution in [0.2, 0.25) is 0 Å². The van der Waals surface area contributed by atoms with Crippen molar-refractivity contribution in [3.63, 3.8) is 0 Å². The molecule has 0 radical (unpaired) electrons. The summed E-state index contributed by atoms with van der Waals surface area (Å²) < 4.78 is 5.17. The lowest BCUT2D eigenvalue weighted by molar-refractivity contribution is -0.146. The van der Waals surface area contributed by atoms with Crippen molar-refractivity contribution in [2.75, 3.05) is 6.61 Å². The SMILES string of the molecule is O=C1C[C@@]23CC[C@H](O)[C@@]2(COC3=O)c2c(O)ccc(O)c21. The molecule has 0 bridgehead atoms. The fourth-order valence-corrected chi connectivity index (χ4v) is 4.48. The smallest absolute Gasteiger partial charge is 0.313 e. The van der Waals surface area contributed by atoms with Gasteiger partial charge in [-0.15, -0.1) is 0 Å². The van der Waals surface area contributed by atoms with Crippen LogP contribution in [-0.4, -0.2) is 39.8 Å². The second-order valence-corrected chi connectivity index (χ2v) is 6.14. The number of carbonyl (C=O) groups excluding carboxylic acids is 2. The van der Waals surface area contributed by atoms with Gasteiger partial charge in [0.25, 0.3) is 0 Å². The summed E-state index contributed by atoms with van der Waals surface area (Å²) in [5.74, 6) is -1.34. The molecule has 3 N–H and O–H groups in total. The minimum absolute atomic E-state index is 0.00451. The van der Waals surface area contributed by atoms with Crippen molar-refractivity contribution in [1.82, 2.24) is 0 Å². The summed E-state index contributed by atoms with van der Waals surface area (Å²) >= 11 is 0. The third-order valence-corrected chi connectivity index (χ3v) is 5.44. The highest BCUT2D eigenvalue weighted by Gasteiger charge is 2.73. The Labute approximate surface area is 120 Å². The molecule has 3 aliphatic rings. The van der Waals surface area contributed by atoms with E-state index < -0.39 is 28.7 Å². The summed E-state index contributed by atoms with van der Waals surface area (Å²) in [6.07, 6.45) is -0.305. The maximum atomic E-state index is 12.4. The van der Waals surface area contributed by atoms with Crippen LogP contribution < -0.4 is 0 Å². The van der Waals surface area contributed by atoms with E-state index in [9.17, 15) is 24.9 Å². The number of ether oxygens (including phenoxy) is 1. The van der Waals surface area contributed by atoms with Gasteiger partial charge >= 0.3 is 5.97 Å². The quantitative estimate of drug-likeness (QED) is 0.478. The van der Waals surface area contributed by atoms with Crippen LogP contribution in [0.4, 0.5) is 0 Å². The molecule has 1 heterocycles. The van der Waals surface area contributed by atoms with E-state index >= 15 is 0 Å². The number of rotatable bonds is 0. The molecule has 3 atom stereocenters. The van der Waals surface area contributed by atoms with Crippen LogP contribution in [0.1, 0.15) is 35.2 Å². The van der Waals surface area contributed by atoms with Gasteiger partial charge in [0.05, 0.1) is 22.5 Å². The number of esters is 1. The van der Waals surface area contributed by atoms with Crippen molar-refractivity contribution in [2.45, 2.75) is 30.8 Å². The van der Waals surface area contributed by atoms with Crippen LogP contribution in [-0.2, 0) is 14.9 Å². The highest BCUT2D eigenvalue weighted by molar-refractivity contribution is 6.07. The van der Waals surface area contributed by atoms with E-state index in [1.54, 1.807) is 0 Å². The summed E-state index contributed by atoms with van der Waals surface area (Å²) in [7, 11) is 0. The summed E-state index contributed by atoms with van der Waals surface area (Å²) in [6, 6.07) is 2.52. The Bertz CT molecular complexity index is 696. The molecule has 1 aromatic rings. The Morgan fingerprint density at radius 1 is 1.19 bits per heavy atom. The maximum Gasteiger partial charge on any atom is 0.313 e. The number of Topliss-reactive ketones (excluding diaryl/α,β-unsaturated/α-hetero) is 1. The van der Waals surface area contributed by atoms with Crippen LogP contribution in [0, 0.1) is 5.41 Å². The molecule has 0 aromatic heterocycles. The van der Waals surface area contributed by atoms with Gasteiger partial charge in [0.1, 0.15) is 18.1 Å². The number of hydrogen-bond donors (Lipinski definition) is 3. The molecule has 2 aliphatic carbocycles. The molecule has 2 fully saturated rings. The Morgan fingerprint density at radius 2 is 1.90 bits per heavy atom. The second kappa shape index (κ2) is 3.57. The molecule has 110 valence electrons. The number of phenolic OH excluding ortho intramolecular Hbond substituents is 2. The summed E-state index contributed by atoms with van der Waals surface area (Å²) in [5.41, 5.74) is -2.10. The summed E-state index contributed by atoms with van der Waals surface area (Å²) in [5, 5.41) is 30.8. The Balaban J connectivity index is 2.13. The molecule has 1 saturated carbocycles. The standard InChI is InChI=1S/C15H14O6/c16-7-1-2-8(17)12-11(7)9(18)5-14-4-3-10(19)15(12,14)6-21-13(14)20/h1-2,10,16-17,19H,3-6H2/t10-,14+,15-/m0/s1. The number of cyclic esters (lactones) is 1. The second-order valence-electron chi connectivity index (χ2n) is 6.14. The Hall–Kier alpha value is -2.08. The molecule has 0 unspecified atom stereocenters. The van der Waals surface area contributed by atoms with Gasteiger partial charge in [0.2, 0.25) is 0 Å². The first kappa shape index (κ1) is 12.6. The lowest BCUT2D eigenvalue weighted by Crippen LogP contribution is -2.53. The molecule has 6 heteroatoms. The van der Waals surface area contributed by atoms with Gasteiger partial charge in [-0.05, 0) is 25.0 Å². The van der Waals surface area contributed by atoms with E-state index in [-0.39, 0.29) is 35.7 Å². The van der Waals surface area contributed by atoms with Crippen molar-refractivity contribution in [2.24, 2.45) is 5.41 Å². The van der Waals surface area contributed by atoms with Crippen molar-refractivity contribution in [3.05, 3.63) is 23.3 Å². The average molecular weight is 290 g/mol. The van der Waals surface area contributed by atoms with Gasteiger partial charge in [-0.3, -0.25) is 9.59 Å². The number of hydrogen-bond acceptors (Lipinski definition) is 6. The number of aromatic hydroxyl groups is 2. The molecular formula is C15H14O6. The Kier molecular flexibility index (Phi) is 2.15.